The third-order valence-corrected chi connectivity index (χ3v) is 5.26. The highest BCUT2D eigenvalue weighted by Gasteiger charge is 2.20. The Morgan fingerprint density at radius 3 is 2.44 bits per heavy atom. The summed E-state index contributed by atoms with van der Waals surface area (Å²) in [5, 5.41) is 14.1. The number of pyridine rings is 1. The minimum absolute atomic E-state index is 0.146. The zero-order valence-electron chi connectivity index (χ0n) is 18.4. The van der Waals surface area contributed by atoms with Crippen molar-refractivity contribution >= 4 is 22.5 Å². The topological polar surface area (TPSA) is 71.5 Å². The molecule has 0 radical (unpaired) electrons. The van der Waals surface area contributed by atoms with E-state index in [1.54, 1.807) is 12.1 Å². The van der Waals surface area contributed by atoms with E-state index >= 15 is 0 Å². The number of nitrogens with zero attached hydrogens (tertiary/aromatic N) is 1. The first kappa shape index (κ1) is 21.4. The van der Waals surface area contributed by atoms with Gasteiger partial charge in [0.1, 0.15) is 23.7 Å². The van der Waals surface area contributed by atoms with E-state index in [-0.39, 0.29) is 17.1 Å². The number of rotatable bonds is 5. The van der Waals surface area contributed by atoms with Gasteiger partial charge in [0.25, 0.3) is 5.91 Å². The van der Waals surface area contributed by atoms with E-state index < -0.39 is 0 Å². The maximum Gasteiger partial charge on any atom is 0.261 e. The maximum absolute atomic E-state index is 13.2. The summed E-state index contributed by atoms with van der Waals surface area (Å²) in [4.78, 5) is 17.6. The monoisotopic (exact) mass is 426 g/mol. The highest BCUT2D eigenvalue weighted by atomic mass is 16.5. The van der Waals surface area contributed by atoms with Gasteiger partial charge in [-0.3, -0.25) is 9.78 Å². The Hall–Kier alpha value is -3.86. The molecule has 162 valence electrons. The van der Waals surface area contributed by atoms with Crippen LogP contribution in [0.2, 0.25) is 0 Å². The predicted molar refractivity (Wildman–Crippen MR) is 127 cm³/mol. The van der Waals surface area contributed by atoms with Crippen LogP contribution < -0.4 is 10.1 Å². The first-order chi connectivity index (χ1) is 15.3. The number of hydrogen-bond donors (Lipinski definition) is 2. The summed E-state index contributed by atoms with van der Waals surface area (Å²) >= 11 is 0. The molecule has 32 heavy (non-hydrogen) atoms. The number of carbonyl (C=O) groups is 1. The van der Waals surface area contributed by atoms with Gasteiger partial charge in [-0.15, -0.1) is 0 Å². The third kappa shape index (κ3) is 4.57. The van der Waals surface area contributed by atoms with Crippen molar-refractivity contribution in [1.82, 2.24) is 4.98 Å². The van der Waals surface area contributed by atoms with Crippen molar-refractivity contribution in [1.29, 1.82) is 0 Å². The summed E-state index contributed by atoms with van der Waals surface area (Å²) in [5.41, 5.74) is 3.20. The Kier molecular flexibility index (Phi) is 5.82. The van der Waals surface area contributed by atoms with Crippen molar-refractivity contribution in [2.45, 2.75) is 32.8 Å². The number of phenolic OH excluding ortho intramolecular Hbond substituents is 1. The number of benzene rings is 3. The first-order valence-electron chi connectivity index (χ1n) is 10.5. The van der Waals surface area contributed by atoms with Crippen LogP contribution in [0.4, 0.5) is 5.69 Å². The van der Waals surface area contributed by atoms with Crippen molar-refractivity contribution in [2.24, 2.45) is 0 Å². The van der Waals surface area contributed by atoms with Gasteiger partial charge < -0.3 is 15.2 Å². The zero-order valence-corrected chi connectivity index (χ0v) is 18.4. The van der Waals surface area contributed by atoms with Crippen LogP contribution in [-0.4, -0.2) is 16.0 Å². The number of nitrogens with one attached hydrogen (secondary N) is 1. The van der Waals surface area contributed by atoms with Crippen molar-refractivity contribution in [2.75, 3.05) is 5.32 Å². The lowest BCUT2D eigenvalue weighted by molar-refractivity contribution is 0.102. The van der Waals surface area contributed by atoms with Crippen molar-refractivity contribution in [3.63, 3.8) is 0 Å². The lowest BCUT2D eigenvalue weighted by Crippen LogP contribution is -2.15. The van der Waals surface area contributed by atoms with Crippen LogP contribution in [0, 0.1) is 0 Å². The quantitative estimate of drug-likeness (QED) is 0.406. The maximum atomic E-state index is 13.2. The van der Waals surface area contributed by atoms with E-state index in [0.717, 1.165) is 22.0 Å². The number of carbonyl (C=O) groups excluding carboxylic acids is 1. The number of anilines is 1. The molecule has 1 aromatic heterocycles. The van der Waals surface area contributed by atoms with E-state index in [1.165, 1.54) is 6.20 Å². The molecule has 1 heterocycles. The Labute approximate surface area is 187 Å². The molecule has 0 bridgehead atoms. The second-order valence-electron chi connectivity index (χ2n) is 8.73. The van der Waals surface area contributed by atoms with Gasteiger partial charge in [0.15, 0.2) is 0 Å². The van der Waals surface area contributed by atoms with E-state index in [2.05, 4.69) is 10.3 Å². The molecule has 1 amide bonds. The van der Waals surface area contributed by atoms with Crippen molar-refractivity contribution < 1.29 is 14.6 Å². The third-order valence-electron chi connectivity index (χ3n) is 5.26. The van der Waals surface area contributed by atoms with Crippen LogP contribution >= 0.6 is 0 Å². The summed E-state index contributed by atoms with van der Waals surface area (Å²) < 4.78 is 6.13. The molecule has 4 aromatic rings. The summed E-state index contributed by atoms with van der Waals surface area (Å²) in [6.07, 6.45) is 1.53. The lowest BCUT2D eigenvalue weighted by atomic mass is 9.86. The highest BCUT2D eigenvalue weighted by Crippen LogP contribution is 2.34. The molecule has 0 saturated carbocycles. The molecule has 0 aliphatic heterocycles. The smallest absolute Gasteiger partial charge is 0.261 e. The SMILES string of the molecule is CC(C)(C)c1ccc(NC(=O)c2cnc3ccccc3c2OCc2ccccc2)cc1O. The Morgan fingerprint density at radius 2 is 1.72 bits per heavy atom. The second kappa shape index (κ2) is 8.71. The average molecular weight is 427 g/mol. The molecule has 2 N–H and O–H groups in total. The fourth-order valence-corrected chi connectivity index (χ4v) is 3.61. The van der Waals surface area contributed by atoms with Gasteiger partial charge in [-0.25, -0.2) is 0 Å². The van der Waals surface area contributed by atoms with Crippen LogP contribution in [-0.2, 0) is 12.0 Å². The largest absolute Gasteiger partial charge is 0.508 e. The molecule has 5 heteroatoms. The second-order valence-corrected chi connectivity index (χ2v) is 8.73. The molecule has 0 saturated heterocycles. The fourth-order valence-electron chi connectivity index (χ4n) is 3.61. The Balaban J connectivity index is 1.66. The van der Waals surface area contributed by atoms with E-state index in [4.69, 9.17) is 4.74 Å². The summed E-state index contributed by atoms with van der Waals surface area (Å²) in [6, 6.07) is 22.6. The predicted octanol–water partition coefficient (Wildman–Crippen LogP) is 6.07. The molecular weight excluding hydrogens is 400 g/mol. The van der Waals surface area contributed by atoms with Crippen LogP contribution in [0.3, 0.4) is 0 Å². The van der Waals surface area contributed by atoms with Crippen LogP contribution in [0.1, 0.15) is 42.3 Å². The number of ether oxygens (including phenoxy) is 1. The molecule has 0 spiro atoms. The van der Waals surface area contributed by atoms with Crippen LogP contribution in [0.25, 0.3) is 10.9 Å². The van der Waals surface area contributed by atoms with E-state index in [0.29, 0.717) is 23.6 Å². The number of aromatic hydroxyl groups is 1. The molecule has 5 nitrogen and oxygen atoms in total. The van der Waals surface area contributed by atoms with Crippen molar-refractivity contribution in [3.05, 3.63) is 95.7 Å². The van der Waals surface area contributed by atoms with Gasteiger partial charge in [-0.05, 0) is 34.7 Å². The number of phenols is 1. The van der Waals surface area contributed by atoms with Gasteiger partial charge in [0.2, 0.25) is 0 Å². The highest BCUT2D eigenvalue weighted by molar-refractivity contribution is 6.09. The molecule has 0 fully saturated rings. The fraction of sp³-hybridized carbons (Fsp3) is 0.185. The van der Waals surface area contributed by atoms with Gasteiger partial charge in [-0.2, -0.15) is 0 Å². The summed E-state index contributed by atoms with van der Waals surface area (Å²) in [5.74, 6) is 0.272. The minimum atomic E-state index is -0.353. The molecule has 4 rings (SSSR count). The number of aromatic nitrogens is 1. The van der Waals surface area contributed by atoms with Crippen molar-refractivity contribution in [3.8, 4) is 11.5 Å². The molecule has 0 aliphatic rings. The lowest BCUT2D eigenvalue weighted by Gasteiger charge is -2.21. The van der Waals surface area contributed by atoms with Gasteiger partial charge >= 0.3 is 0 Å². The Morgan fingerprint density at radius 1 is 1.00 bits per heavy atom. The summed E-state index contributed by atoms with van der Waals surface area (Å²) in [7, 11) is 0. The number of amides is 1. The average Bonchev–Trinajstić information content (AvgIpc) is 2.77. The van der Waals surface area contributed by atoms with Gasteiger partial charge in [0, 0.05) is 23.3 Å². The molecule has 0 aliphatic carbocycles. The van der Waals surface area contributed by atoms with Gasteiger partial charge in [-0.1, -0.05) is 69.3 Å². The van der Waals surface area contributed by atoms with E-state index in [1.807, 2.05) is 81.4 Å². The Bertz CT molecular complexity index is 1260. The van der Waals surface area contributed by atoms with Crippen LogP contribution in [0.5, 0.6) is 11.5 Å². The number of para-hydroxylation sites is 1. The molecule has 3 aromatic carbocycles. The molecule has 0 unspecified atom stereocenters. The van der Waals surface area contributed by atoms with E-state index in [9.17, 15) is 9.90 Å². The zero-order chi connectivity index (χ0) is 22.7. The number of hydrogen-bond acceptors (Lipinski definition) is 4. The standard InChI is InChI=1S/C27H26N2O3/c1-27(2,3)22-14-13-19(15-24(22)30)29-26(31)21-16-28-23-12-8-7-11-20(23)25(21)32-17-18-9-5-4-6-10-18/h4-16,30H,17H2,1-3H3,(H,29,31). The number of fused-ring (bicyclic) bond motifs is 1. The molecule has 0 atom stereocenters. The summed E-state index contributed by atoms with van der Waals surface area (Å²) in [6.45, 7) is 6.41. The van der Waals surface area contributed by atoms with Crippen LogP contribution in [0.15, 0.2) is 79.0 Å². The first-order valence-corrected chi connectivity index (χ1v) is 10.5. The normalized spacial score (nSPS) is 11.3. The minimum Gasteiger partial charge on any atom is -0.508 e. The molecular formula is C27H26N2O3. The van der Waals surface area contributed by atoms with Gasteiger partial charge in [0.05, 0.1) is 5.52 Å².